The van der Waals surface area contributed by atoms with E-state index in [1.165, 1.54) is 0 Å². The number of hydrogen-bond donors (Lipinski definition) is 1. The number of benzene rings is 2. The van der Waals surface area contributed by atoms with E-state index in [0.717, 1.165) is 17.7 Å². The fraction of sp³-hybridized carbons (Fsp3) is 0.300. The zero-order chi connectivity index (χ0) is 18.5. The fourth-order valence-electron chi connectivity index (χ4n) is 3.08. The van der Waals surface area contributed by atoms with Gasteiger partial charge in [0.15, 0.2) is 6.61 Å². The molecule has 2 amide bonds. The third-order valence-corrected chi connectivity index (χ3v) is 4.34. The lowest BCUT2D eigenvalue weighted by Gasteiger charge is -2.22. The summed E-state index contributed by atoms with van der Waals surface area (Å²) in [5.41, 5.74) is 2.08. The summed E-state index contributed by atoms with van der Waals surface area (Å²) in [7, 11) is 1.58. The molecule has 0 bridgehead atoms. The predicted octanol–water partition coefficient (Wildman–Crippen LogP) is 2.17. The van der Waals surface area contributed by atoms with Crippen molar-refractivity contribution in [3.05, 3.63) is 54.1 Å². The molecule has 1 aliphatic rings. The van der Waals surface area contributed by atoms with Crippen LogP contribution in [-0.2, 0) is 16.0 Å². The quantitative estimate of drug-likeness (QED) is 0.863. The minimum atomic E-state index is -0.339. The number of nitrogens with zero attached hydrogens (tertiary/aromatic N) is 1. The van der Waals surface area contributed by atoms with Crippen LogP contribution in [0.1, 0.15) is 12.5 Å². The van der Waals surface area contributed by atoms with Gasteiger partial charge in [-0.3, -0.25) is 9.59 Å². The topological polar surface area (TPSA) is 67.9 Å². The Morgan fingerprint density at radius 3 is 2.54 bits per heavy atom. The molecule has 0 radical (unpaired) electrons. The van der Waals surface area contributed by atoms with Crippen molar-refractivity contribution in [1.29, 1.82) is 0 Å². The van der Waals surface area contributed by atoms with E-state index in [0.29, 0.717) is 11.5 Å². The number of rotatable bonds is 6. The Labute approximate surface area is 152 Å². The number of carbonyl (C=O) groups excluding carboxylic acids is 2. The normalized spacial score (nSPS) is 15.3. The van der Waals surface area contributed by atoms with Crippen LogP contribution < -0.4 is 19.7 Å². The van der Waals surface area contributed by atoms with E-state index in [2.05, 4.69) is 5.32 Å². The van der Waals surface area contributed by atoms with Crippen molar-refractivity contribution in [3.8, 4) is 11.5 Å². The summed E-state index contributed by atoms with van der Waals surface area (Å²) in [5.74, 6) is 0.816. The molecule has 1 heterocycles. The number of methoxy groups -OCH3 is 1. The first-order valence-corrected chi connectivity index (χ1v) is 8.52. The van der Waals surface area contributed by atoms with Crippen LogP contribution in [0.15, 0.2) is 48.5 Å². The maximum atomic E-state index is 12.5. The number of hydrogen-bond acceptors (Lipinski definition) is 4. The van der Waals surface area contributed by atoms with Crippen molar-refractivity contribution in [3.63, 3.8) is 0 Å². The summed E-state index contributed by atoms with van der Waals surface area (Å²) in [6.07, 6.45) is 0.830. The largest absolute Gasteiger partial charge is 0.497 e. The monoisotopic (exact) mass is 354 g/mol. The van der Waals surface area contributed by atoms with Gasteiger partial charge in [0.2, 0.25) is 5.91 Å². The van der Waals surface area contributed by atoms with Gasteiger partial charge >= 0.3 is 0 Å². The van der Waals surface area contributed by atoms with Crippen LogP contribution in [0.25, 0.3) is 0 Å². The van der Waals surface area contributed by atoms with Gasteiger partial charge in [-0.1, -0.05) is 18.2 Å². The highest BCUT2D eigenvalue weighted by atomic mass is 16.5. The first-order chi connectivity index (χ1) is 12.6. The van der Waals surface area contributed by atoms with Crippen LogP contribution in [0.3, 0.4) is 0 Å². The van der Waals surface area contributed by atoms with E-state index in [1.54, 1.807) is 36.3 Å². The summed E-state index contributed by atoms with van der Waals surface area (Å²) in [6.45, 7) is 1.81. The molecule has 1 aliphatic heterocycles. The highest BCUT2D eigenvalue weighted by molar-refractivity contribution is 5.99. The molecule has 0 saturated heterocycles. The molecule has 1 atom stereocenters. The molecule has 2 aromatic carbocycles. The highest BCUT2D eigenvalue weighted by Gasteiger charge is 2.30. The fourth-order valence-corrected chi connectivity index (χ4v) is 3.08. The lowest BCUT2D eigenvalue weighted by Crippen LogP contribution is -2.44. The van der Waals surface area contributed by atoms with Gasteiger partial charge in [0, 0.05) is 11.7 Å². The van der Waals surface area contributed by atoms with Gasteiger partial charge in [-0.25, -0.2) is 0 Å². The minimum Gasteiger partial charge on any atom is -0.497 e. The average molecular weight is 354 g/mol. The molecule has 6 heteroatoms. The molecule has 0 spiro atoms. The molecule has 0 fully saturated rings. The molecule has 136 valence electrons. The van der Waals surface area contributed by atoms with Crippen LogP contribution in [0.5, 0.6) is 11.5 Å². The summed E-state index contributed by atoms with van der Waals surface area (Å²) in [6, 6.07) is 14.9. The molecule has 26 heavy (non-hydrogen) atoms. The van der Waals surface area contributed by atoms with E-state index in [-0.39, 0.29) is 31.0 Å². The first kappa shape index (κ1) is 17.8. The van der Waals surface area contributed by atoms with E-state index in [1.807, 2.05) is 31.2 Å². The Morgan fingerprint density at radius 1 is 1.12 bits per heavy atom. The lowest BCUT2D eigenvalue weighted by molar-refractivity contribution is -0.126. The van der Waals surface area contributed by atoms with Gasteiger partial charge in [-0.05, 0) is 49.2 Å². The van der Waals surface area contributed by atoms with Gasteiger partial charge in [0.25, 0.3) is 5.91 Å². The first-order valence-electron chi connectivity index (χ1n) is 8.52. The molecule has 0 aromatic heterocycles. The minimum absolute atomic E-state index is 0.0521. The zero-order valence-corrected chi connectivity index (χ0v) is 14.9. The van der Waals surface area contributed by atoms with Crippen LogP contribution in [-0.4, -0.2) is 38.1 Å². The molecular weight excluding hydrogens is 332 g/mol. The number of anilines is 1. The second-order valence-corrected chi connectivity index (χ2v) is 6.19. The summed E-state index contributed by atoms with van der Waals surface area (Å²) in [5, 5.41) is 2.62. The van der Waals surface area contributed by atoms with Crippen LogP contribution >= 0.6 is 0 Å². The summed E-state index contributed by atoms with van der Waals surface area (Å²) >= 11 is 0. The maximum absolute atomic E-state index is 12.5. The van der Waals surface area contributed by atoms with Crippen molar-refractivity contribution < 1.29 is 19.1 Å². The molecule has 6 nitrogen and oxygen atoms in total. The second kappa shape index (κ2) is 7.91. The van der Waals surface area contributed by atoms with Crippen LogP contribution in [0.2, 0.25) is 0 Å². The Hall–Kier alpha value is -3.02. The number of amides is 2. The molecule has 1 unspecified atom stereocenters. The Balaban J connectivity index is 1.49. The lowest BCUT2D eigenvalue weighted by atomic mass is 10.1. The average Bonchev–Trinajstić information content (AvgIpc) is 3.00. The van der Waals surface area contributed by atoms with Crippen molar-refractivity contribution in [2.75, 3.05) is 25.2 Å². The van der Waals surface area contributed by atoms with Gasteiger partial charge in [0.05, 0.1) is 13.7 Å². The Kier molecular flexibility index (Phi) is 5.41. The Morgan fingerprint density at radius 2 is 1.81 bits per heavy atom. The third kappa shape index (κ3) is 3.96. The Bertz CT molecular complexity index is 789. The highest BCUT2D eigenvalue weighted by Crippen LogP contribution is 2.31. The standard InChI is InChI=1S/C20H22N2O4/c1-14-11-15-5-3-4-6-18(15)22(14)20(24)12-21-19(23)13-26-17-9-7-16(25-2)8-10-17/h3-10,14H,11-13H2,1-2H3,(H,21,23). The van der Waals surface area contributed by atoms with E-state index in [9.17, 15) is 9.59 Å². The molecule has 3 rings (SSSR count). The van der Waals surface area contributed by atoms with Crippen LogP contribution in [0, 0.1) is 0 Å². The third-order valence-electron chi connectivity index (χ3n) is 4.34. The predicted molar refractivity (Wildman–Crippen MR) is 98.6 cm³/mol. The van der Waals surface area contributed by atoms with Gasteiger partial charge in [0.1, 0.15) is 11.5 Å². The van der Waals surface area contributed by atoms with Crippen molar-refractivity contribution >= 4 is 17.5 Å². The summed E-state index contributed by atoms with van der Waals surface area (Å²) < 4.78 is 10.5. The van der Waals surface area contributed by atoms with Crippen molar-refractivity contribution in [2.24, 2.45) is 0 Å². The van der Waals surface area contributed by atoms with Gasteiger partial charge in [-0.15, -0.1) is 0 Å². The number of nitrogens with one attached hydrogen (secondary N) is 1. The van der Waals surface area contributed by atoms with Crippen LogP contribution in [0.4, 0.5) is 5.69 Å². The van der Waals surface area contributed by atoms with E-state index in [4.69, 9.17) is 9.47 Å². The maximum Gasteiger partial charge on any atom is 0.258 e. The SMILES string of the molecule is COc1ccc(OCC(=O)NCC(=O)N2c3ccccc3CC2C)cc1. The van der Waals surface area contributed by atoms with E-state index >= 15 is 0 Å². The van der Waals surface area contributed by atoms with Gasteiger partial charge < -0.3 is 19.7 Å². The van der Waals surface area contributed by atoms with E-state index < -0.39 is 0 Å². The number of carbonyl (C=O) groups is 2. The molecular formula is C20H22N2O4. The molecule has 1 N–H and O–H groups in total. The summed E-state index contributed by atoms with van der Waals surface area (Å²) in [4.78, 5) is 26.2. The second-order valence-electron chi connectivity index (χ2n) is 6.19. The number of para-hydroxylation sites is 1. The smallest absolute Gasteiger partial charge is 0.258 e. The number of ether oxygens (including phenoxy) is 2. The zero-order valence-electron chi connectivity index (χ0n) is 14.9. The molecule has 2 aromatic rings. The van der Waals surface area contributed by atoms with Gasteiger partial charge in [-0.2, -0.15) is 0 Å². The number of fused-ring (bicyclic) bond motifs is 1. The van der Waals surface area contributed by atoms with Crippen molar-refractivity contribution in [1.82, 2.24) is 5.32 Å². The molecule has 0 aliphatic carbocycles. The van der Waals surface area contributed by atoms with Crippen molar-refractivity contribution in [2.45, 2.75) is 19.4 Å². The molecule has 0 saturated carbocycles.